The van der Waals surface area contributed by atoms with E-state index in [0.717, 1.165) is 38.5 Å². The Kier molecular flexibility index (Phi) is 5.92. The average molecular weight is 242 g/mol. The molecule has 1 atom stereocenters. The van der Waals surface area contributed by atoms with Gasteiger partial charge in [-0.1, -0.05) is 19.8 Å². The molecule has 0 radical (unpaired) electrons. The van der Waals surface area contributed by atoms with Gasteiger partial charge in [0.05, 0.1) is 12.1 Å². The van der Waals surface area contributed by atoms with Crippen molar-refractivity contribution in [1.29, 1.82) is 0 Å². The van der Waals surface area contributed by atoms with Gasteiger partial charge in [-0.3, -0.25) is 4.79 Å². The molecule has 0 heterocycles. The highest BCUT2D eigenvalue weighted by atomic mass is 16.3. The summed E-state index contributed by atoms with van der Waals surface area (Å²) < 4.78 is 0. The second kappa shape index (κ2) is 6.97. The van der Waals surface area contributed by atoms with E-state index in [4.69, 9.17) is 5.73 Å². The van der Waals surface area contributed by atoms with Gasteiger partial charge in [0.25, 0.3) is 0 Å². The van der Waals surface area contributed by atoms with E-state index in [-0.39, 0.29) is 18.1 Å². The normalized spacial score (nSPS) is 20.2. The third-order valence-electron chi connectivity index (χ3n) is 3.79. The van der Waals surface area contributed by atoms with Crippen LogP contribution in [-0.2, 0) is 4.79 Å². The molecule has 1 aliphatic rings. The Morgan fingerprint density at radius 1 is 1.41 bits per heavy atom. The number of nitrogens with one attached hydrogen (secondary N) is 1. The Hall–Kier alpha value is -0.610. The molecule has 1 aliphatic carbocycles. The summed E-state index contributed by atoms with van der Waals surface area (Å²) in [6.45, 7) is 2.87. The average Bonchev–Trinajstić information content (AvgIpc) is 2.76. The molecule has 1 amide bonds. The van der Waals surface area contributed by atoms with Gasteiger partial charge in [0, 0.05) is 6.42 Å². The van der Waals surface area contributed by atoms with Gasteiger partial charge in [-0.2, -0.15) is 0 Å². The van der Waals surface area contributed by atoms with Gasteiger partial charge in [-0.25, -0.2) is 0 Å². The van der Waals surface area contributed by atoms with Gasteiger partial charge in [0.2, 0.25) is 5.91 Å². The van der Waals surface area contributed by atoms with E-state index in [2.05, 4.69) is 12.2 Å². The number of hydrogen-bond donors (Lipinski definition) is 3. The molecule has 0 aliphatic heterocycles. The SMILES string of the molecule is CC(CCN)CCC(=O)NC1(CO)CCCC1. The van der Waals surface area contributed by atoms with Crippen LogP contribution in [0.25, 0.3) is 0 Å². The Bertz CT molecular complexity index is 238. The maximum atomic E-state index is 11.8. The topological polar surface area (TPSA) is 75.4 Å². The van der Waals surface area contributed by atoms with Crippen LogP contribution in [0.3, 0.4) is 0 Å². The smallest absolute Gasteiger partial charge is 0.220 e. The minimum Gasteiger partial charge on any atom is -0.394 e. The summed E-state index contributed by atoms with van der Waals surface area (Å²) >= 11 is 0. The summed E-state index contributed by atoms with van der Waals surface area (Å²) in [5.74, 6) is 0.573. The van der Waals surface area contributed by atoms with Gasteiger partial charge >= 0.3 is 0 Å². The summed E-state index contributed by atoms with van der Waals surface area (Å²) in [6.07, 6.45) is 6.42. The number of rotatable bonds is 7. The lowest BCUT2D eigenvalue weighted by Gasteiger charge is -2.28. The van der Waals surface area contributed by atoms with Crippen molar-refractivity contribution >= 4 is 5.91 Å². The van der Waals surface area contributed by atoms with Crippen LogP contribution < -0.4 is 11.1 Å². The summed E-state index contributed by atoms with van der Waals surface area (Å²) in [7, 11) is 0. The summed E-state index contributed by atoms with van der Waals surface area (Å²) in [5.41, 5.74) is 5.15. The number of aliphatic hydroxyl groups is 1. The largest absolute Gasteiger partial charge is 0.394 e. The molecule has 4 N–H and O–H groups in total. The molecule has 1 saturated carbocycles. The van der Waals surface area contributed by atoms with Crippen molar-refractivity contribution < 1.29 is 9.90 Å². The molecule has 0 saturated heterocycles. The molecule has 17 heavy (non-hydrogen) atoms. The number of carbonyl (C=O) groups excluding carboxylic acids is 1. The monoisotopic (exact) mass is 242 g/mol. The van der Waals surface area contributed by atoms with Gasteiger partial charge < -0.3 is 16.2 Å². The summed E-state index contributed by atoms with van der Waals surface area (Å²) in [6, 6.07) is 0. The van der Waals surface area contributed by atoms with E-state index >= 15 is 0 Å². The van der Waals surface area contributed by atoms with Crippen molar-refractivity contribution in [3.63, 3.8) is 0 Å². The lowest BCUT2D eigenvalue weighted by molar-refractivity contribution is -0.123. The van der Waals surface area contributed by atoms with Crippen LogP contribution in [0.4, 0.5) is 0 Å². The summed E-state index contributed by atoms with van der Waals surface area (Å²) in [5, 5.41) is 12.4. The first kappa shape index (κ1) is 14.5. The molecule has 0 aromatic heterocycles. The van der Waals surface area contributed by atoms with Crippen LogP contribution in [0.2, 0.25) is 0 Å². The number of nitrogens with two attached hydrogens (primary N) is 1. The van der Waals surface area contributed by atoms with E-state index < -0.39 is 0 Å². The van der Waals surface area contributed by atoms with Crippen LogP contribution in [0, 0.1) is 5.92 Å². The zero-order valence-corrected chi connectivity index (χ0v) is 10.9. The molecule has 0 bridgehead atoms. The molecule has 1 fully saturated rings. The van der Waals surface area contributed by atoms with Crippen molar-refractivity contribution in [1.82, 2.24) is 5.32 Å². The zero-order valence-electron chi connectivity index (χ0n) is 10.9. The lowest BCUT2D eigenvalue weighted by atomic mass is 9.97. The van der Waals surface area contributed by atoms with Crippen molar-refractivity contribution in [2.45, 2.75) is 57.4 Å². The molecule has 1 rings (SSSR count). The molecule has 0 spiro atoms. The van der Waals surface area contributed by atoms with Gasteiger partial charge in [-0.15, -0.1) is 0 Å². The molecule has 100 valence electrons. The Labute approximate surface area is 104 Å². The van der Waals surface area contributed by atoms with Crippen molar-refractivity contribution in [3.8, 4) is 0 Å². The maximum Gasteiger partial charge on any atom is 0.220 e. The van der Waals surface area contributed by atoms with Crippen LogP contribution >= 0.6 is 0 Å². The van der Waals surface area contributed by atoms with Crippen LogP contribution in [0.1, 0.15) is 51.9 Å². The second-order valence-corrected chi connectivity index (χ2v) is 5.41. The molecule has 0 aromatic carbocycles. The predicted molar refractivity (Wildman–Crippen MR) is 68.5 cm³/mol. The van der Waals surface area contributed by atoms with E-state index in [1.807, 2.05) is 0 Å². The molecule has 4 nitrogen and oxygen atoms in total. The fraction of sp³-hybridized carbons (Fsp3) is 0.923. The first-order chi connectivity index (χ1) is 8.12. The summed E-state index contributed by atoms with van der Waals surface area (Å²) in [4.78, 5) is 11.8. The minimum absolute atomic E-state index is 0.0666. The standard InChI is InChI=1S/C13H26N2O2/c1-11(6-9-14)4-5-12(17)15-13(10-16)7-2-3-8-13/h11,16H,2-10,14H2,1H3,(H,15,17). The third-order valence-corrected chi connectivity index (χ3v) is 3.79. The lowest BCUT2D eigenvalue weighted by Crippen LogP contribution is -2.49. The molecular formula is C13H26N2O2. The number of carbonyl (C=O) groups is 1. The van der Waals surface area contributed by atoms with Crippen LogP contribution in [-0.4, -0.2) is 29.7 Å². The van der Waals surface area contributed by atoms with Crippen molar-refractivity contribution in [2.75, 3.05) is 13.2 Å². The highest BCUT2D eigenvalue weighted by Crippen LogP contribution is 2.29. The van der Waals surface area contributed by atoms with E-state index in [0.29, 0.717) is 18.9 Å². The quantitative estimate of drug-likeness (QED) is 0.627. The zero-order chi connectivity index (χ0) is 12.7. The van der Waals surface area contributed by atoms with Crippen LogP contribution in [0.5, 0.6) is 0 Å². The minimum atomic E-state index is -0.325. The third kappa shape index (κ3) is 4.64. The number of aliphatic hydroxyl groups excluding tert-OH is 1. The highest BCUT2D eigenvalue weighted by molar-refractivity contribution is 5.76. The molecule has 0 aromatic rings. The van der Waals surface area contributed by atoms with Crippen LogP contribution in [0.15, 0.2) is 0 Å². The highest BCUT2D eigenvalue weighted by Gasteiger charge is 2.34. The van der Waals surface area contributed by atoms with Gasteiger partial charge in [0.1, 0.15) is 0 Å². The van der Waals surface area contributed by atoms with E-state index in [1.165, 1.54) is 0 Å². The first-order valence-corrected chi connectivity index (χ1v) is 6.74. The first-order valence-electron chi connectivity index (χ1n) is 6.74. The van der Waals surface area contributed by atoms with Crippen molar-refractivity contribution in [2.24, 2.45) is 11.7 Å². The Balaban J connectivity index is 2.28. The fourth-order valence-corrected chi connectivity index (χ4v) is 2.54. The van der Waals surface area contributed by atoms with Crippen molar-refractivity contribution in [3.05, 3.63) is 0 Å². The number of amides is 1. The van der Waals surface area contributed by atoms with Gasteiger partial charge in [-0.05, 0) is 38.1 Å². The van der Waals surface area contributed by atoms with Gasteiger partial charge in [0.15, 0.2) is 0 Å². The molecule has 1 unspecified atom stereocenters. The predicted octanol–water partition coefficient (Wildman–Crippen LogP) is 1.17. The Morgan fingerprint density at radius 2 is 2.06 bits per heavy atom. The molecule has 4 heteroatoms. The van der Waals surface area contributed by atoms with E-state index in [9.17, 15) is 9.90 Å². The number of hydrogen-bond acceptors (Lipinski definition) is 3. The maximum absolute atomic E-state index is 11.8. The fourth-order valence-electron chi connectivity index (χ4n) is 2.54. The van der Waals surface area contributed by atoms with E-state index in [1.54, 1.807) is 0 Å². The Morgan fingerprint density at radius 3 is 2.59 bits per heavy atom. The molecular weight excluding hydrogens is 216 g/mol. The second-order valence-electron chi connectivity index (χ2n) is 5.41.